The van der Waals surface area contributed by atoms with Gasteiger partial charge in [-0.2, -0.15) is 0 Å². The third-order valence-corrected chi connectivity index (χ3v) is 8.70. The third kappa shape index (κ3) is 4.02. The van der Waals surface area contributed by atoms with E-state index in [9.17, 15) is 14.4 Å². The molecule has 1 aromatic heterocycles. The van der Waals surface area contributed by atoms with Gasteiger partial charge in [0.05, 0.1) is 12.0 Å². The molecule has 3 saturated heterocycles. The fraction of sp³-hybridized carbons (Fsp3) is 0.500. The van der Waals surface area contributed by atoms with E-state index < -0.39 is 5.41 Å². The van der Waals surface area contributed by atoms with Gasteiger partial charge in [0, 0.05) is 42.8 Å². The summed E-state index contributed by atoms with van der Waals surface area (Å²) >= 11 is 1.53. The molecule has 0 saturated carbocycles. The summed E-state index contributed by atoms with van der Waals surface area (Å²) in [6.45, 7) is 7.14. The van der Waals surface area contributed by atoms with Gasteiger partial charge in [-0.1, -0.05) is 43.3 Å². The summed E-state index contributed by atoms with van der Waals surface area (Å²) in [6, 6.07) is 13.3. The van der Waals surface area contributed by atoms with Crippen LogP contribution in [-0.4, -0.2) is 65.1 Å². The van der Waals surface area contributed by atoms with Crippen molar-refractivity contribution < 1.29 is 14.4 Å². The number of likely N-dealkylation sites (tertiary alicyclic amines) is 3. The topological polar surface area (TPSA) is 60.9 Å². The molecule has 174 valence electrons. The highest BCUT2D eigenvalue weighted by Crippen LogP contribution is 2.43. The smallest absolute Gasteiger partial charge is 0.241 e. The first-order valence-electron chi connectivity index (χ1n) is 11.9. The predicted molar refractivity (Wildman–Crippen MR) is 128 cm³/mol. The molecule has 3 aliphatic rings. The normalized spacial score (nSPS) is 27.9. The van der Waals surface area contributed by atoms with Gasteiger partial charge in [0.2, 0.25) is 17.7 Å². The van der Waals surface area contributed by atoms with E-state index in [0.29, 0.717) is 0 Å². The number of nitrogens with zero attached hydrogens (tertiary/aromatic N) is 3. The number of amides is 3. The lowest BCUT2D eigenvalue weighted by molar-refractivity contribution is -0.143. The van der Waals surface area contributed by atoms with E-state index in [1.165, 1.54) is 16.2 Å². The van der Waals surface area contributed by atoms with Crippen molar-refractivity contribution in [2.75, 3.05) is 32.7 Å². The van der Waals surface area contributed by atoms with E-state index in [0.717, 1.165) is 56.0 Å². The molecule has 4 heterocycles. The summed E-state index contributed by atoms with van der Waals surface area (Å²) in [5, 5.41) is 1.94. The average molecular weight is 466 g/mol. The van der Waals surface area contributed by atoms with Crippen LogP contribution in [0.2, 0.25) is 0 Å². The Hall–Kier alpha value is -2.51. The highest BCUT2D eigenvalue weighted by Gasteiger charge is 2.55. The van der Waals surface area contributed by atoms with Gasteiger partial charge in [-0.25, -0.2) is 0 Å². The molecule has 5 rings (SSSR count). The Morgan fingerprint density at radius 1 is 1.03 bits per heavy atom. The molecule has 0 aliphatic carbocycles. The predicted octanol–water partition coefficient (Wildman–Crippen LogP) is 3.28. The first-order chi connectivity index (χ1) is 15.9. The molecule has 0 radical (unpaired) electrons. The van der Waals surface area contributed by atoms with E-state index in [1.807, 2.05) is 52.7 Å². The van der Waals surface area contributed by atoms with Gasteiger partial charge in [-0.15, -0.1) is 11.3 Å². The van der Waals surface area contributed by atoms with Crippen LogP contribution in [0, 0.1) is 5.41 Å². The molecule has 0 N–H and O–H groups in total. The van der Waals surface area contributed by atoms with Crippen LogP contribution in [0.1, 0.15) is 43.0 Å². The Bertz CT molecular complexity index is 1040. The quantitative estimate of drug-likeness (QED) is 0.615. The third-order valence-electron chi connectivity index (χ3n) is 7.84. The standard InChI is InChI=1S/C26H31N3O3S/c1-2-27-12-10-25(18-27)11-13-28(19-25)22(30)15-26(20-7-4-3-5-8-20)16-23(31)29(24(26)32)17-21-9-6-14-33-21/h3-9,14H,2,10-13,15-19H2,1H3/t25-,26-/m1/s1. The van der Waals surface area contributed by atoms with Gasteiger partial charge in [0.15, 0.2) is 0 Å². The Morgan fingerprint density at radius 3 is 2.52 bits per heavy atom. The molecular formula is C26H31N3O3S. The van der Waals surface area contributed by atoms with Crippen molar-refractivity contribution in [1.29, 1.82) is 0 Å². The van der Waals surface area contributed by atoms with Crippen LogP contribution in [0.25, 0.3) is 0 Å². The zero-order chi connectivity index (χ0) is 23.1. The van der Waals surface area contributed by atoms with Gasteiger partial charge >= 0.3 is 0 Å². The zero-order valence-corrected chi connectivity index (χ0v) is 20.0. The van der Waals surface area contributed by atoms with Gasteiger partial charge < -0.3 is 9.80 Å². The molecule has 2 aromatic rings. The molecule has 2 atom stereocenters. The van der Waals surface area contributed by atoms with Crippen LogP contribution in [0.5, 0.6) is 0 Å². The molecular weight excluding hydrogens is 434 g/mol. The summed E-state index contributed by atoms with van der Waals surface area (Å²) in [4.78, 5) is 47.1. The second-order valence-electron chi connectivity index (χ2n) is 9.85. The van der Waals surface area contributed by atoms with Crippen molar-refractivity contribution in [1.82, 2.24) is 14.7 Å². The number of hydrogen-bond donors (Lipinski definition) is 0. The van der Waals surface area contributed by atoms with Crippen LogP contribution in [0.4, 0.5) is 0 Å². The lowest BCUT2D eigenvalue weighted by Crippen LogP contribution is -2.43. The number of hydrogen-bond acceptors (Lipinski definition) is 5. The second kappa shape index (κ2) is 8.69. The second-order valence-corrected chi connectivity index (χ2v) is 10.9. The van der Waals surface area contributed by atoms with Crippen molar-refractivity contribution >= 4 is 29.1 Å². The highest BCUT2D eigenvalue weighted by molar-refractivity contribution is 7.09. The van der Waals surface area contributed by atoms with Crippen molar-refractivity contribution in [3.63, 3.8) is 0 Å². The molecule has 6 nitrogen and oxygen atoms in total. The Labute approximate surface area is 199 Å². The fourth-order valence-corrected chi connectivity index (χ4v) is 6.58. The molecule has 1 spiro atoms. The fourth-order valence-electron chi connectivity index (χ4n) is 5.89. The average Bonchev–Trinajstić information content (AvgIpc) is 3.61. The van der Waals surface area contributed by atoms with E-state index in [4.69, 9.17) is 0 Å². The maximum atomic E-state index is 13.8. The Balaban J connectivity index is 1.38. The van der Waals surface area contributed by atoms with E-state index in [-0.39, 0.29) is 42.5 Å². The van der Waals surface area contributed by atoms with Gasteiger partial charge in [-0.05, 0) is 42.9 Å². The number of carbonyl (C=O) groups excluding carboxylic acids is 3. The molecule has 3 aliphatic heterocycles. The van der Waals surface area contributed by atoms with E-state index >= 15 is 0 Å². The van der Waals surface area contributed by atoms with Crippen molar-refractivity contribution in [3.05, 3.63) is 58.3 Å². The van der Waals surface area contributed by atoms with Crippen LogP contribution < -0.4 is 0 Å². The van der Waals surface area contributed by atoms with Crippen LogP contribution >= 0.6 is 11.3 Å². The first-order valence-corrected chi connectivity index (χ1v) is 12.8. The van der Waals surface area contributed by atoms with Crippen molar-refractivity contribution in [2.24, 2.45) is 5.41 Å². The zero-order valence-electron chi connectivity index (χ0n) is 19.2. The number of imide groups is 1. The summed E-state index contributed by atoms with van der Waals surface area (Å²) in [5.41, 5.74) is -0.169. The Morgan fingerprint density at radius 2 is 1.82 bits per heavy atom. The van der Waals surface area contributed by atoms with Crippen LogP contribution in [-0.2, 0) is 26.3 Å². The van der Waals surface area contributed by atoms with Crippen molar-refractivity contribution in [3.8, 4) is 0 Å². The lowest BCUT2D eigenvalue weighted by Gasteiger charge is -2.30. The molecule has 33 heavy (non-hydrogen) atoms. The SMILES string of the molecule is CCN1CC[C@@]2(CCN(C(=O)C[C@]3(c4ccccc4)CC(=O)N(Cc4cccs4)C3=O)C2)C1. The minimum atomic E-state index is -1.12. The van der Waals surface area contributed by atoms with E-state index in [1.54, 1.807) is 0 Å². The minimum absolute atomic E-state index is 0.00944. The maximum Gasteiger partial charge on any atom is 0.241 e. The number of rotatable bonds is 6. The summed E-state index contributed by atoms with van der Waals surface area (Å²) < 4.78 is 0. The maximum absolute atomic E-state index is 13.8. The Kier molecular flexibility index (Phi) is 5.87. The minimum Gasteiger partial charge on any atom is -0.342 e. The molecule has 1 aromatic carbocycles. The van der Waals surface area contributed by atoms with Gasteiger partial charge in [-0.3, -0.25) is 19.3 Å². The van der Waals surface area contributed by atoms with Crippen molar-refractivity contribution in [2.45, 2.75) is 44.6 Å². The molecule has 0 unspecified atom stereocenters. The number of benzene rings is 1. The monoisotopic (exact) mass is 465 g/mol. The van der Waals surface area contributed by atoms with Gasteiger partial charge in [0.25, 0.3) is 0 Å². The summed E-state index contributed by atoms with van der Waals surface area (Å²) in [6.07, 6.45) is 2.25. The van der Waals surface area contributed by atoms with Crippen LogP contribution in [0.3, 0.4) is 0 Å². The number of carbonyl (C=O) groups is 3. The largest absolute Gasteiger partial charge is 0.342 e. The molecule has 7 heteroatoms. The van der Waals surface area contributed by atoms with E-state index in [2.05, 4.69) is 11.8 Å². The summed E-state index contributed by atoms with van der Waals surface area (Å²) in [5.74, 6) is -0.450. The summed E-state index contributed by atoms with van der Waals surface area (Å²) in [7, 11) is 0. The number of thiophene rings is 1. The lowest BCUT2D eigenvalue weighted by atomic mass is 9.75. The first kappa shape index (κ1) is 22.3. The highest BCUT2D eigenvalue weighted by atomic mass is 32.1. The molecule has 3 fully saturated rings. The van der Waals surface area contributed by atoms with Crippen LogP contribution in [0.15, 0.2) is 47.8 Å². The molecule has 0 bridgehead atoms. The molecule has 3 amide bonds. The van der Waals surface area contributed by atoms with Gasteiger partial charge in [0.1, 0.15) is 0 Å².